The van der Waals surface area contributed by atoms with Crippen molar-refractivity contribution < 1.29 is 4.79 Å². The van der Waals surface area contributed by atoms with E-state index < -0.39 is 0 Å². The number of nitrogens with two attached hydrogens (primary N) is 1. The van der Waals surface area contributed by atoms with E-state index in [1.807, 2.05) is 13.8 Å². The molecule has 3 nitrogen and oxygen atoms in total. The fraction of sp³-hybridized carbons (Fsp3) is 0.562. The Morgan fingerprint density at radius 2 is 1.84 bits per heavy atom. The van der Waals surface area contributed by atoms with E-state index in [1.165, 1.54) is 11.1 Å². The second-order valence-electron chi connectivity index (χ2n) is 5.96. The molecule has 3 N–H and O–H groups in total. The summed E-state index contributed by atoms with van der Waals surface area (Å²) < 4.78 is 0. The van der Waals surface area contributed by atoms with Crippen LogP contribution in [0.1, 0.15) is 44.2 Å². The Hall–Kier alpha value is -1.35. The second kappa shape index (κ2) is 7.29. The Labute approximate surface area is 116 Å². The maximum atomic E-state index is 11.6. The Morgan fingerprint density at radius 1 is 1.21 bits per heavy atom. The van der Waals surface area contributed by atoms with E-state index in [-0.39, 0.29) is 11.4 Å². The molecule has 0 fully saturated rings. The van der Waals surface area contributed by atoms with Crippen LogP contribution in [-0.4, -0.2) is 18.0 Å². The summed E-state index contributed by atoms with van der Waals surface area (Å²) in [5.74, 6) is 0.0995. The molecule has 0 heterocycles. The van der Waals surface area contributed by atoms with Crippen LogP contribution in [0.2, 0.25) is 0 Å². The predicted molar refractivity (Wildman–Crippen MR) is 80.0 cm³/mol. The Bertz CT molecular complexity index is 390. The maximum absolute atomic E-state index is 11.6. The van der Waals surface area contributed by atoms with Gasteiger partial charge in [-0.25, -0.2) is 0 Å². The van der Waals surface area contributed by atoms with Gasteiger partial charge in [0.1, 0.15) is 0 Å². The number of benzene rings is 1. The Balaban J connectivity index is 2.13. The lowest BCUT2D eigenvalue weighted by atomic mass is 10.1. The average Bonchev–Trinajstić information content (AvgIpc) is 2.33. The van der Waals surface area contributed by atoms with E-state index in [2.05, 4.69) is 36.5 Å². The van der Waals surface area contributed by atoms with Gasteiger partial charge in [0.25, 0.3) is 0 Å². The summed E-state index contributed by atoms with van der Waals surface area (Å²) >= 11 is 0. The van der Waals surface area contributed by atoms with Crippen molar-refractivity contribution >= 4 is 5.91 Å². The molecule has 1 amide bonds. The van der Waals surface area contributed by atoms with Crippen molar-refractivity contribution in [2.24, 2.45) is 5.73 Å². The van der Waals surface area contributed by atoms with Crippen molar-refractivity contribution in [2.75, 3.05) is 6.54 Å². The van der Waals surface area contributed by atoms with Gasteiger partial charge in [-0.1, -0.05) is 29.8 Å². The number of hydrogen-bond acceptors (Lipinski definition) is 2. The van der Waals surface area contributed by atoms with Gasteiger partial charge < -0.3 is 11.1 Å². The monoisotopic (exact) mass is 262 g/mol. The van der Waals surface area contributed by atoms with Crippen molar-refractivity contribution in [1.82, 2.24) is 5.32 Å². The van der Waals surface area contributed by atoms with E-state index in [0.717, 1.165) is 19.3 Å². The van der Waals surface area contributed by atoms with Gasteiger partial charge in [-0.15, -0.1) is 0 Å². The highest BCUT2D eigenvalue weighted by Gasteiger charge is 2.11. The van der Waals surface area contributed by atoms with E-state index in [4.69, 9.17) is 5.73 Å². The minimum absolute atomic E-state index is 0.0995. The summed E-state index contributed by atoms with van der Waals surface area (Å²) in [6.45, 7) is 6.44. The number of aryl methyl sites for hydroxylation is 2. The number of nitrogens with one attached hydrogen (secondary N) is 1. The molecule has 0 radical (unpaired) electrons. The van der Waals surface area contributed by atoms with Crippen LogP contribution in [0.3, 0.4) is 0 Å². The number of rotatable bonds is 7. The molecule has 0 saturated carbocycles. The molecule has 1 aromatic carbocycles. The highest BCUT2D eigenvalue weighted by molar-refractivity contribution is 5.75. The minimum atomic E-state index is -0.336. The van der Waals surface area contributed by atoms with Crippen molar-refractivity contribution in [1.29, 1.82) is 0 Å². The first-order chi connectivity index (χ1) is 8.87. The molecule has 0 aliphatic heterocycles. The SMILES string of the molecule is Cc1ccc(CCCCC(=O)NCC(C)(C)N)cc1. The van der Waals surface area contributed by atoms with Crippen molar-refractivity contribution in [3.05, 3.63) is 35.4 Å². The molecular formula is C16H26N2O. The lowest BCUT2D eigenvalue weighted by Crippen LogP contribution is -2.45. The van der Waals surface area contributed by atoms with Gasteiger partial charge in [0.15, 0.2) is 0 Å². The number of carbonyl (C=O) groups excluding carboxylic acids is 1. The lowest BCUT2D eigenvalue weighted by molar-refractivity contribution is -0.121. The molecule has 0 aliphatic rings. The Kier molecular flexibility index (Phi) is 6.03. The third-order valence-corrected chi connectivity index (χ3v) is 2.98. The molecule has 0 aromatic heterocycles. The van der Waals surface area contributed by atoms with Crippen molar-refractivity contribution in [3.8, 4) is 0 Å². The average molecular weight is 262 g/mol. The fourth-order valence-corrected chi connectivity index (χ4v) is 1.78. The molecule has 0 unspecified atom stereocenters. The molecule has 0 atom stereocenters. The summed E-state index contributed by atoms with van der Waals surface area (Å²) in [4.78, 5) is 11.6. The van der Waals surface area contributed by atoms with Crippen LogP contribution in [0.25, 0.3) is 0 Å². The zero-order valence-corrected chi connectivity index (χ0v) is 12.3. The predicted octanol–water partition coefficient (Wildman–Crippen LogP) is 2.56. The summed E-state index contributed by atoms with van der Waals surface area (Å²) in [6.07, 6.45) is 3.59. The number of unbranched alkanes of at least 4 members (excludes halogenated alkanes) is 1. The van der Waals surface area contributed by atoms with Gasteiger partial charge in [0.2, 0.25) is 5.91 Å². The van der Waals surface area contributed by atoms with Gasteiger partial charge in [0.05, 0.1) is 0 Å². The third-order valence-electron chi connectivity index (χ3n) is 2.98. The zero-order chi connectivity index (χ0) is 14.3. The molecule has 3 heteroatoms. The van der Waals surface area contributed by atoms with Crippen LogP contribution >= 0.6 is 0 Å². The molecule has 0 saturated heterocycles. The molecule has 0 spiro atoms. The number of amides is 1. The normalized spacial score (nSPS) is 11.4. The van der Waals surface area contributed by atoms with Crippen molar-refractivity contribution in [2.45, 2.75) is 52.0 Å². The molecule has 19 heavy (non-hydrogen) atoms. The van der Waals surface area contributed by atoms with Gasteiger partial charge in [-0.3, -0.25) is 4.79 Å². The first kappa shape index (κ1) is 15.7. The molecule has 1 rings (SSSR count). The molecule has 0 aliphatic carbocycles. The van der Waals surface area contributed by atoms with E-state index in [1.54, 1.807) is 0 Å². The van der Waals surface area contributed by atoms with Crippen LogP contribution in [0.5, 0.6) is 0 Å². The zero-order valence-electron chi connectivity index (χ0n) is 12.3. The van der Waals surface area contributed by atoms with Gasteiger partial charge in [-0.05, 0) is 45.6 Å². The maximum Gasteiger partial charge on any atom is 0.220 e. The quantitative estimate of drug-likeness (QED) is 0.742. The first-order valence-electron chi connectivity index (χ1n) is 6.98. The first-order valence-corrected chi connectivity index (χ1v) is 6.98. The topological polar surface area (TPSA) is 55.1 Å². The standard InChI is InChI=1S/C16H26N2O/c1-13-8-10-14(11-9-13)6-4-5-7-15(19)18-12-16(2,3)17/h8-11H,4-7,12,17H2,1-3H3,(H,18,19). The third kappa shape index (κ3) is 7.62. The van der Waals surface area contributed by atoms with Gasteiger partial charge >= 0.3 is 0 Å². The molecule has 0 bridgehead atoms. The molecule has 106 valence electrons. The van der Waals surface area contributed by atoms with Crippen LogP contribution in [0, 0.1) is 6.92 Å². The largest absolute Gasteiger partial charge is 0.354 e. The van der Waals surface area contributed by atoms with Crippen LogP contribution in [-0.2, 0) is 11.2 Å². The number of carbonyl (C=O) groups is 1. The highest BCUT2D eigenvalue weighted by Crippen LogP contribution is 2.08. The van der Waals surface area contributed by atoms with Crippen LogP contribution in [0.15, 0.2) is 24.3 Å². The van der Waals surface area contributed by atoms with E-state index in [9.17, 15) is 4.79 Å². The lowest BCUT2D eigenvalue weighted by Gasteiger charge is -2.18. The van der Waals surface area contributed by atoms with Gasteiger partial charge in [0, 0.05) is 18.5 Å². The second-order valence-corrected chi connectivity index (χ2v) is 5.96. The summed E-state index contributed by atoms with van der Waals surface area (Å²) in [7, 11) is 0. The van der Waals surface area contributed by atoms with Crippen molar-refractivity contribution in [3.63, 3.8) is 0 Å². The molecular weight excluding hydrogens is 236 g/mol. The smallest absolute Gasteiger partial charge is 0.220 e. The van der Waals surface area contributed by atoms with E-state index in [0.29, 0.717) is 13.0 Å². The van der Waals surface area contributed by atoms with Gasteiger partial charge in [-0.2, -0.15) is 0 Å². The summed E-state index contributed by atoms with van der Waals surface area (Å²) in [5, 5.41) is 2.86. The van der Waals surface area contributed by atoms with Crippen LogP contribution < -0.4 is 11.1 Å². The minimum Gasteiger partial charge on any atom is -0.354 e. The highest BCUT2D eigenvalue weighted by atomic mass is 16.1. The number of hydrogen-bond donors (Lipinski definition) is 2. The summed E-state index contributed by atoms with van der Waals surface area (Å²) in [6, 6.07) is 8.58. The molecule has 1 aromatic rings. The summed E-state index contributed by atoms with van der Waals surface area (Å²) in [5.41, 5.74) is 8.10. The Morgan fingerprint density at radius 3 is 2.42 bits per heavy atom. The van der Waals surface area contributed by atoms with E-state index >= 15 is 0 Å². The fourth-order valence-electron chi connectivity index (χ4n) is 1.78. The van der Waals surface area contributed by atoms with Crippen LogP contribution in [0.4, 0.5) is 0 Å².